The minimum absolute atomic E-state index is 0.235. The monoisotopic (exact) mass is 273 g/mol. The smallest absolute Gasteiger partial charge is 0.407 e. The first kappa shape index (κ1) is 13.5. The Morgan fingerprint density at radius 1 is 1.20 bits per heavy atom. The fraction of sp³-hybridized carbons (Fsp3) is 0.588. The lowest BCUT2D eigenvalue weighted by atomic mass is 9.91. The molecule has 0 aromatic heterocycles. The average Bonchev–Trinajstić information content (AvgIpc) is 3.32. The molecule has 1 amide bonds. The number of hydrogen-bond donors (Lipinski definition) is 1. The molecule has 1 aromatic rings. The highest BCUT2D eigenvalue weighted by molar-refractivity contribution is 5.67. The van der Waals surface area contributed by atoms with Gasteiger partial charge in [0.2, 0.25) is 0 Å². The van der Waals surface area contributed by atoms with Crippen LogP contribution in [0.5, 0.6) is 0 Å². The van der Waals surface area contributed by atoms with E-state index in [1.807, 2.05) is 30.3 Å². The van der Waals surface area contributed by atoms with Gasteiger partial charge in [-0.1, -0.05) is 30.3 Å². The van der Waals surface area contributed by atoms with Crippen LogP contribution >= 0.6 is 0 Å². The summed E-state index contributed by atoms with van der Waals surface area (Å²) in [5, 5.41) is 3.03. The van der Waals surface area contributed by atoms with Crippen LogP contribution in [-0.4, -0.2) is 12.1 Å². The summed E-state index contributed by atoms with van der Waals surface area (Å²) >= 11 is 0. The second-order valence-electron chi connectivity index (χ2n) is 6.25. The van der Waals surface area contributed by atoms with Gasteiger partial charge in [0.15, 0.2) is 0 Å². The Kier molecular flexibility index (Phi) is 3.95. The summed E-state index contributed by atoms with van der Waals surface area (Å²) in [5.74, 6) is 2.35. The molecule has 1 N–H and O–H groups in total. The Labute approximate surface area is 120 Å². The third-order valence-corrected chi connectivity index (χ3v) is 4.47. The van der Waals surface area contributed by atoms with Crippen LogP contribution in [0.15, 0.2) is 30.3 Å². The van der Waals surface area contributed by atoms with Crippen molar-refractivity contribution in [3.63, 3.8) is 0 Å². The molecule has 2 saturated carbocycles. The first-order chi connectivity index (χ1) is 9.74. The zero-order valence-electron chi connectivity index (χ0n) is 12.0. The molecule has 2 aliphatic carbocycles. The molecule has 0 unspecified atom stereocenters. The van der Waals surface area contributed by atoms with E-state index in [-0.39, 0.29) is 12.1 Å². The maximum absolute atomic E-state index is 11.9. The van der Waals surface area contributed by atoms with Crippen LogP contribution in [0.1, 0.15) is 38.2 Å². The molecule has 20 heavy (non-hydrogen) atoms. The number of carbonyl (C=O) groups excluding carboxylic acids is 1. The van der Waals surface area contributed by atoms with Crippen molar-refractivity contribution in [2.75, 3.05) is 0 Å². The highest BCUT2D eigenvalue weighted by Gasteiger charge is 2.44. The second kappa shape index (κ2) is 5.86. The van der Waals surface area contributed by atoms with Gasteiger partial charge in [0.05, 0.1) is 0 Å². The molecule has 0 bridgehead atoms. The van der Waals surface area contributed by atoms with E-state index in [9.17, 15) is 4.79 Å². The number of hydrogen-bond acceptors (Lipinski definition) is 2. The molecular weight excluding hydrogens is 250 g/mol. The maximum Gasteiger partial charge on any atom is 0.407 e. The SMILES string of the molecule is C[C@H](NC(=O)OCc1ccccc1)C(C1CC1)C1CC1. The van der Waals surface area contributed by atoms with Gasteiger partial charge in [-0.05, 0) is 55.9 Å². The summed E-state index contributed by atoms with van der Waals surface area (Å²) in [5.41, 5.74) is 1.02. The molecule has 0 saturated heterocycles. The van der Waals surface area contributed by atoms with E-state index in [4.69, 9.17) is 4.74 Å². The van der Waals surface area contributed by atoms with Crippen LogP contribution in [0.4, 0.5) is 4.79 Å². The van der Waals surface area contributed by atoms with Crippen molar-refractivity contribution in [1.82, 2.24) is 5.32 Å². The average molecular weight is 273 g/mol. The normalized spacial score (nSPS) is 19.7. The summed E-state index contributed by atoms with van der Waals surface area (Å²) in [7, 11) is 0. The van der Waals surface area contributed by atoms with Gasteiger partial charge < -0.3 is 10.1 Å². The van der Waals surface area contributed by atoms with Gasteiger partial charge in [0.1, 0.15) is 6.61 Å². The summed E-state index contributed by atoms with van der Waals surface area (Å²) in [4.78, 5) is 11.9. The van der Waals surface area contributed by atoms with E-state index in [1.165, 1.54) is 25.7 Å². The van der Waals surface area contributed by atoms with Crippen LogP contribution in [0.2, 0.25) is 0 Å². The van der Waals surface area contributed by atoms with E-state index >= 15 is 0 Å². The van der Waals surface area contributed by atoms with Crippen molar-refractivity contribution in [2.24, 2.45) is 17.8 Å². The van der Waals surface area contributed by atoms with Crippen LogP contribution in [0, 0.1) is 17.8 Å². The van der Waals surface area contributed by atoms with Crippen LogP contribution < -0.4 is 5.32 Å². The Morgan fingerprint density at radius 3 is 2.35 bits per heavy atom. The van der Waals surface area contributed by atoms with Crippen molar-refractivity contribution in [1.29, 1.82) is 0 Å². The minimum atomic E-state index is -0.285. The predicted molar refractivity (Wildman–Crippen MR) is 78.2 cm³/mol. The van der Waals surface area contributed by atoms with Gasteiger partial charge in [0, 0.05) is 6.04 Å². The van der Waals surface area contributed by atoms with Crippen LogP contribution in [0.3, 0.4) is 0 Å². The van der Waals surface area contributed by atoms with E-state index in [0.717, 1.165) is 17.4 Å². The van der Waals surface area contributed by atoms with E-state index in [1.54, 1.807) is 0 Å². The van der Waals surface area contributed by atoms with Crippen LogP contribution in [0.25, 0.3) is 0 Å². The van der Waals surface area contributed by atoms with E-state index in [2.05, 4.69) is 12.2 Å². The molecule has 1 aromatic carbocycles. The Hall–Kier alpha value is -1.51. The Balaban J connectivity index is 1.45. The minimum Gasteiger partial charge on any atom is -0.445 e. The van der Waals surface area contributed by atoms with E-state index < -0.39 is 0 Å². The van der Waals surface area contributed by atoms with Crippen molar-refractivity contribution < 1.29 is 9.53 Å². The number of nitrogens with one attached hydrogen (secondary N) is 1. The summed E-state index contributed by atoms with van der Waals surface area (Å²) in [6.45, 7) is 2.47. The first-order valence-corrected chi connectivity index (χ1v) is 7.71. The summed E-state index contributed by atoms with van der Waals surface area (Å²) < 4.78 is 5.30. The maximum atomic E-state index is 11.9. The van der Waals surface area contributed by atoms with Gasteiger partial charge in [0.25, 0.3) is 0 Å². The highest BCUT2D eigenvalue weighted by atomic mass is 16.5. The van der Waals surface area contributed by atoms with Crippen molar-refractivity contribution in [3.8, 4) is 0 Å². The number of alkyl carbamates (subject to hydrolysis) is 1. The molecule has 0 heterocycles. The number of carbonyl (C=O) groups is 1. The van der Waals surface area contributed by atoms with Crippen molar-refractivity contribution in [3.05, 3.63) is 35.9 Å². The molecule has 3 rings (SSSR count). The molecule has 3 heteroatoms. The Morgan fingerprint density at radius 2 is 1.80 bits per heavy atom. The summed E-state index contributed by atoms with van der Waals surface area (Å²) in [6.07, 6.45) is 5.07. The fourth-order valence-electron chi connectivity index (χ4n) is 3.21. The predicted octanol–water partition coefficient (Wildman–Crippen LogP) is 3.74. The third kappa shape index (κ3) is 3.53. The molecule has 108 valence electrons. The van der Waals surface area contributed by atoms with Gasteiger partial charge in [-0.15, -0.1) is 0 Å². The lowest BCUT2D eigenvalue weighted by Gasteiger charge is -2.24. The molecule has 2 aliphatic rings. The quantitative estimate of drug-likeness (QED) is 0.857. The van der Waals surface area contributed by atoms with Crippen molar-refractivity contribution >= 4 is 6.09 Å². The molecule has 3 nitrogen and oxygen atoms in total. The molecule has 2 fully saturated rings. The zero-order valence-corrected chi connectivity index (χ0v) is 12.0. The summed E-state index contributed by atoms with van der Waals surface area (Å²) in [6, 6.07) is 10.0. The van der Waals surface area contributed by atoms with E-state index in [0.29, 0.717) is 12.5 Å². The largest absolute Gasteiger partial charge is 0.445 e. The number of rotatable bonds is 6. The second-order valence-corrected chi connectivity index (χ2v) is 6.25. The number of benzene rings is 1. The number of ether oxygens (including phenoxy) is 1. The highest BCUT2D eigenvalue weighted by Crippen LogP contribution is 2.50. The molecule has 0 radical (unpaired) electrons. The Bertz CT molecular complexity index is 439. The van der Waals surface area contributed by atoms with Gasteiger partial charge in [-0.2, -0.15) is 0 Å². The zero-order chi connectivity index (χ0) is 13.9. The van der Waals surface area contributed by atoms with Gasteiger partial charge >= 0.3 is 6.09 Å². The fourth-order valence-corrected chi connectivity index (χ4v) is 3.21. The lowest BCUT2D eigenvalue weighted by Crippen LogP contribution is -2.40. The van der Waals surface area contributed by atoms with Gasteiger partial charge in [-0.3, -0.25) is 0 Å². The molecular formula is C17H23NO2. The molecule has 0 spiro atoms. The molecule has 0 aliphatic heterocycles. The first-order valence-electron chi connectivity index (χ1n) is 7.71. The molecule has 1 atom stereocenters. The standard InChI is InChI=1S/C17H23NO2/c1-12(16(14-7-8-14)15-9-10-15)18-17(19)20-11-13-5-3-2-4-6-13/h2-6,12,14-16H,7-11H2,1H3,(H,18,19)/t12-/m0/s1. The van der Waals surface area contributed by atoms with Crippen LogP contribution in [-0.2, 0) is 11.3 Å². The van der Waals surface area contributed by atoms with Crippen molar-refractivity contribution in [2.45, 2.75) is 45.3 Å². The number of amides is 1. The topological polar surface area (TPSA) is 38.3 Å². The lowest BCUT2D eigenvalue weighted by molar-refractivity contribution is 0.130. The third-order valence-electron chi connectivity index (χ3n) is 4.47. The van der Waals surface area contributed by atoms with Gasteiger partial charge in [-0.25, -0.2) is 4.79 Å².